The Morgan fingerprint density at radius 2 is 1.95 bits per heavy atom. The van der Waals surface area contributed by atoms with E-state index in [-0.39, 0.29) is 13.2 Å². The topological polar surface area (TPSA) is 55.4 Å². The number of rotatable bonds is 5. The summed E-state index contributed by atoms with van der Waals surface area (Å²) in [6, 6.07) is 7.13. The van der Waals surface area contributed by atoms with Crippen LogP contribution >= 0.6 is 0 Å². The van der Waals surface area contributed by atoms with E-state index in [4.69, 9.17) is 11.2 Å². The van der Waals surface area contributed by atoms with Crippen LogP contribution in [0, 0.1) is 12.3 Å². The molecule has 0 radical (unpaired) electrons. The van der Waals surface area contributed by atoms with Gasteiger partial charge in [-0.15, -0.1) is 6.42 Å². The first kappa shape index (κ1) is 14.8. The van der Waals surface area contributed by atoms with E-state index < -0.39 is 11.9 Å². The molecule has 1 N–H and O–H groups in total. The van der Waals surface area contributed by atoms with Gasteiger partial charge in [0.1, 0.15) is 0 Å². The highest BCUT2D eigenvalue weighted by atomic mass is 16.5. The second kappa shape index (κ2) is 7.22. The first-order chi connectivity index (χ1) is 9.04. The monoisotopic (exact) mass is 259 g/mol. The molecule has 0 atom stereocenters. The Balaban J connectivity index is 2.50. The highest BCUT2D eigenvalue weighted by Crippen LogP contribution is 2.15. The predicted molar refractivity (Wildman–Crippen MR) is 72.7 cm³/mol. The molecule has 0 aliphatic heterocycles. The van der Waals surface area contributed by atoms with Gasteiger partial charge in [0.05, 0.1) is 12.1 Å². The Hall–Kier alpha value is -2.28. The quantitative estimate of drug-likeness (QED) is 0.647. The summed E-state index contributed by atoms with van der Waals surface area (Å²) in [4.78, 5) is 22.9. The van der Waals surface area contributed by atoms with E-state index in [0.717, 1.165) is 5.56 Å². The molecule has 100 valence electrons. The zero-order valence-electron chi connectivity index (χ0n) is 11.1. The second-order valence-electron chi connectivity index (χ2n) is 4.33. The SMILES string of the molecule is C#CCNC(=O)COC(=O)c1ccc(C(C)C)cc1. The second-order valence-corrected chi connectivity index (χ2v) is 4.33. The van der Waals surface area contributed by atoms with Crippen LogP contribution in [0.15, 0.2) is 24.3 Å². The van der Waals surface area contributed by atoms with E-state index in [9.17, 15) is 9.59 Å². The number of amides is 1. The third-order valence-electron chi connectivity index (χ3n) is 2.54. The maximum Gasteiger partial charge on any atom is 0.338 e. The first-order valence-electron chi connectivity index (χ1n) is 6.02. The summed E-state index contributed by atoms with van der Waals surface area (Å²) in [5.74, 6) is 1.73. The van der Waals surface area contributed by atoms with Crippen molar-refractivity contribution >= 4 is 11.9 Å². The van der Waals surface area contributed by atoms with Gasteiger partial charge in [0.2, 0.25) is 0 Å². The summed E-state index contributed by atoms with van der Waals surface area (Å²) in [5.41, 5.74) is 1.57. The van der Waals surface area contributed by atoms with Crippen molar-refractivity contribution in [2.45, 2.75) is 19.8 Å². The predicted octanol–water partition coefficient (Wildman–Crippen LogP) is 1.72. The number of ether oxygens (including phenoxy) is 1. The largest absolute Gasteiger partial charge is 0.452 e. The van der Waals surface area contributed by atoms with E-state index in [1.807, 2.05) is 12.1 Å². The Morgan fingerprint density at radius 3 is 2.47 bits per heavy atom. The average Bonchev–Trinajstić information content (AvgIpc) is 2.42. The number of esters is 1. The molecular formula is C15H17NO3. The smallest absolute Gasteiger partial charge is 0.338 e. The van der Waals surface area contributed by atoms with E-state index >= 15 is 0 Å². The Morgan fingerprint density at radius 1 is 1.32 bits per heavy atom. The number of carbonyl (C=O) groups excluding carboxylic acids is 2. The molecule has 1 aromatic carbocycles. The molecule has 0 unspecified atom stereocenters. The summed E-state index contributed by atoms with van der Waals surface area (Å²) < 4.78 is 4.87. The van der Waals surface area contributed by atoms with Gasteiger partial charge in [-0.1, -0.05) is 31.9 Å². The average molecular weight is 259 g/mol. The Bertz CT molecular complexity index is 483. The van der Waals surface area contributed by atoms with Gasteiger partial charge in [-0.05, 0) is 23.6 Å². The van der Waals surface area contributed by atoms with Gasteiger partial charge in [0.15, 0.2) is 6.61 Å². The summed E-state index contributed by atoms with van der Waals surface area (Å²) in [6.07, 6.45) is 4.99. The molecule has 4 nitrogen and oxygen atoms in total. The minimum absolute atomic E-state index is 0.124. The van der Waals surface area contributed by atoms with Crippen LogP contribution in [0.1, 0.15) is 35.7 Å². The van der Waals surface area contributed by atoms with Crippen LogP contribution in [0.5, 0.6) is 0 Å². The van der Waals surface area contributed by atoms with Crippen LogP contribution in [0.2, 0.25) is 0 Å². The third kappa shape index (κ3) is 4.84. The van der Waals surface area contributed by atoms with Crippen LogP contribution < -0.4 is 5.32 Å². The third-order valence-corrected chi connectivity index (χ3v) is 2.54. The van der Waals surface area contributed by atoms with Gasteiger partial charge in [0, 0.05) is 0 Å². The van der Waals surface area contributed by atoms with Crippen molar-refractivity contribution in [3.05, 3.63) is 35.4 Å². The Kier molecular flexibility index (Phi) is 5.62. The molecule has 0 aromatic heterocycles. The fraction of sp³-hybridized carbons (Fsp3) is 0.333. The van der Waals surface area contributed by atoms with Crippen molar-refractivity contribution in [1.82, 2.24) is 5.32 Å². The number of carbonyl (C=O) groups is 2. The molecule has 1 amide bonds. The van der Waals surface area contributed by atoms with Crippen LogP contribution in [0.25, 0.3) is 0 Å². The van der Waals surface area contributed by atoms with Gasteiger partial charge < -0.3 is 10.1 Å². The lowest BCUT2D eigenvalue weighted by atomic mass is 10.0. The highest BCUT2D eigenvalue weighted by molar-refractivity contribution is 5.91. The first-order valence-corrected chi connectivity index (χ1v) is 6.02. The van der Waals surface area contributed by atoms with Crippen LogP contribution in [-0.2, 0) is 9.53 Å². The van der Waals surface area contributed by atoms with Crippen molar-refractivity contribution in [1.29, 1.82) is 0 Å². The molecule has 0 fully saturated rings. The number of hydrogen-bond donors (Lipinski definition) is 1. The molecule has 0 saturated heterocycles. The summed E-state index contributed by atoms with van der Waals surface area (Å²) in [7, 11) is 0. The van der Waals surface area contributed by atoms with E-state index in [1.165, 1.54) is 0 Å². The molecule has 4 heteroatoms. The van der Waals surface area contributed by atoms with Gasteiger partial charge in [-0.25, -0.2) is 4.79 Å². The van der Waals surface area contributed by atoms with E-state index in [1.54, 1.807) is 12.1 Å². The van der Waals surface area contributed by atoms with Gasteiger partial charge in [-0.2, -0.15) is 0 Å². The zero-order valence-corrected chi connectivity index (χ0v) is 11.1. The molecule has 1 rings (SSSR count). The highest BCUT2D eigenvalue weighted by Gasteiger charge is 2.10. The summed E-state index contributed by atoms with van der Waals surface area (Å²) >= 11 is 0. The number of nitrogens with one attached hydrogen (secondary N) is 1. The van der Waals surface area contributed by atoms with Crippen molar-refractivity contribution < 1.29 is 14.3 Å². The molecule has 0 heterocycles. The maximum absolute atomic E-state index is 11.7. The van der Waals surface area contributed by atoms with Crippen LogP contribution in [-0.4, -0.2) is 25.0 Å². The fourth-order valence-corrected chi connectivity index (χ4v) is 1.42. The van der Waals surface area contributed by atoms with Crippen LogP contribution in [0.3, 0.4) is 0 Å². The standard InChI is InChI=1S/C15H17NO3/c1-4-9-16-14(17)10-19-15(18)13-7-5-12(6-8-13)11(2)3/h1,5-8,11H,9-10H2,2-3H3,(H,16,17). The zero-order chi connectivity index (χ0) is 14.3. The normalized spacial score (nSPS) is 9.79. The van der Waals surface area contributed by atoms with Crippen molar-refractivity contribution in [2.75, 3.05) is 13.2 Å². The van der Waals surface area contributed by atoms with Gasteiger partial charge in [0.25, 0.3) is 5.91 Å². The number of benzene rings is 1. The van der Waals surface area contributed by atoms with Crippen molar-refractivity contribution in [2.24, 2.45) is 0 Å². The lowest BCUT2D eigenvalue weighted by Crippen LogP contribution is -2.28. The molecular weight excluding hydrogens is 242 g/mol. The molecule has 0 spiro atoms. The lowest BCUT2D eigenvalue weighted by molar-refractivity contribution is -0.123. The van der Waals surface area contributed by atoms with E-state index in [2.05, 4.69) is 25.1 Å². The number of hydrogen-bond acceptors (Lipinski definition) is 3. The molecule has 0 aliphatic carbocycles. The molecule has 0 saturated carbocycles. The van der Waals surface area contributed by atoms with Crippen LogP contribution in [0.4, 0.5) is 0 Å². The molecule has 0 aliphatic rings. The fourth-order valence-electron chi connectivity index (χ4n) is 1.42. The Labute approximate surface area is 113 Å². The van der Waals surface area contributed by atoms with E-state index in [0.29, 0.717) is 11.5 Å². The summed E-state index contributed by atoms with van der Waals surface area (Å²) in [5, 5.41) is 2.41. The minimum Gasteiger partial charge on any atom is -0.452 e. The summed E-state index contributed by atoms with van der Waals surface area (Å²) in [6.45, 7) is 3.94. The molecule has 0 bridgehead atoms. The molecule has 1 aromatic rings. The van der Waals surface area contributed by atoms with Gasteiger partial charge >= 0.3 is 5.97 Å². The maximum atomic E-state index is 11.7. The molecule has 19 heavy (non-hydrogen) atoms. The van der Waals surface area contributed by atoms with Crippen molar-refractivity contribution in [3.63, 3.8) is 0 Å². The van der Waals surface area contributed by atoms with Gasteiger partial charge in [-0.3, -0.25) is 4.79 Å². The lowest BCUT2D eigenvalue weighted by Gasteiger charge is -2.07. The van der Waals surface area contributed by atoms with Crippen molar-refractivity contribution in [3.8, 4) is 12.3 Å². The number of terminal acetylenes is 1. The minimum atomic E-state index is -0.522.